The van der Waals surface area contributed by atoms with Gasteiger partial charge in [-0.1, -0.05) is 68.5 Å². The Hall–Kier alpha value is -1.66. The van der Waals surface area contributed by atoms with Crippen LogP contribution in [0.5, 0.6) is 0 Å². The van der Waals surface area contributed by atoms with Gasteiger partial charge in [-0.15, -0.1) is 0 Å². The maximum absolute atomic E-state index is 12.6. The third kappa shape index (κ3) is 6.47. The average Bonchev–Trinajstić information content (AvgIpc) is 2.89. The number of hydrogen-bond donors (Lipinski definition) is 0. The molecule has 1 aromatic rings. The number of benzene rings is 1. The first-order valence-corrected chi connectivity index (χ1v) is 10.7. The lowest BCUT2D eigenvalue weighted by molar-refractivity contribution is -0.143. The zero-order chi connectivity index (χ0) is 19.8. The van der Waals surface area contributed by atoms with Crippen LogP contribution in [0, 0.1) is 0 Å². The first-order valence-electron chi connectivity index (χ1n) is 9.43. The predicted molar refractivity (Wildman–Crippen MR) is 116 cm³/mol. The molecule has 1 aromatic carbocycles. The molecule has 1 heterocycles. The fraction of sp³-hybridized carbons (Fsp3) is 0.476. The Bertz CT molecular complexity index is 711. The minimum absolute atomic E-state index is 0.0247. The van der Waals surface area contributed by atoms with Gasteiger partial charge in [-0.05, 0) is 42.9 Å². The van der Waals surface area contributed by atoms with E-state index in [1.54, 1.807) is 11.8 Å². The lowest BCUT2D eigenvalue weighted by Gasteiger charge is -2.14. The van der Waals surface area contributed by atoms with Crippen molar-refractivity contribution in [2.45, 2.75) is 52.4 Å². The Labute approximate surface area is 171 Å². The van der Waals surface area contributed by atoms with E-state index in [1.165, 1.54) is 17.3 Å². The summed E-state index contributed by atoms with van der Waals surface area (Å²) in [7, 11) is 0. The van der Waals surface area contributed by atoms with Crippen LogP contribution < -0.4 is 0 Å². The van der Waals surface area contributed by atoms with Crippen molar-refractivity contribution in [1.29, 1.82) is 0 Å². The van der Waals surface area contributed by atoms with Crippen molar-refractivity contribution in [1.82, 2.24) is 4.90 Å². The van der Waals surface area contributed by atoms with E-state index in [1.807, 2.05) is 18.2 Å². The lowest BCUT2D eigenvalue weighted by Crippen LogP contribution is -2.29. The summed E-state index contributed by atoms with van der Waals surface area (Å²) in [4.78, 5) is 26.3. The van der Waals surface area contributed by atoms with Crippen LogP contribution in [0.1, 0.15) is 63.5 Å². The van der Waals surface area contributed by atoms with Gasteiger partial charge in [-0.3, -0.25) is 14.5 Å². The number of esters is 1. The van der Waals surface area contributed by atoms with Crippen molar-refractivity contribution in [3.05, 3.63) is 40.3 Å². The predicted octanol–water partition coefficient (Wildman–Crippen LogP) is 5.13. The van der Waals surface area contributed by atoms with E-state index in [2.05, 4.69) is 26.0 Å². The minimum atomic E-state index is -0.158. The highest BCUT2D eigenvalue weighted by Crippen LogP contribution is 2.33. The Morgan fingerprint density at radius 1 is 1.22 bits per heavy atom. The van der Waals surface area contributed by atoms with Crippen LogP contribution in [0.2, 0.25) is 0 Å². The van der Waals surface area contributed by atoms with E-state index in [0.717, 1.165) is 24.8 Å². The quantitative estimate of drug-likeness (QED) is 0.246. The number of thiocarbonyl (C=S) groups is 1. The van der Waals surface area contributed by atoms with Gasteiger partial charge >= 0.3 is 5.97 Å². The molecule has 0 saturated carbocycles. The number of rotatable bonds is 9. The number of unbranched alkanes of at least 4 members (excludes halogenated alkanes) is 2. The maximum Gasteiger partial charge on any atom is 0.305 e. The molecule has 1 amide bonds. The highest BCUT2D eigenvalue weighted by molar-refractivity contribution is 8.26. The summed E-state index contributed by atoms with van der Waals surface area (Å²) < 4.78 is 5.52. The van der Waals surface area contributed by atoms with Crippen molar-refractivity contribution in [2.75, 3.05) is 13.2 Å². The van der Waals surface area contributed by atoms with Crippen LogP contribution in [0.3, 0.4) is 0 Å². The van der Waals surface area contributed by atoms with Crippen LogP contribution in [0.25, 0.3) is 6.08 Å². The van der Waals surface area contributed by atoms with E-state index in [9.17, 15) is 9.59 Å². The Morgan fingerprint density at radius 3 is 2.56 bits per heavy atom. The largest absolute Gasteiger partial charge is 0.466 e. The van der Waals surface area contributed by atoms with Gasteiger partial charge in [0.15, 0.2) is 0 Å². The van der Waals surface area contributed by atoms with Gasteiger partial charge in [0.25, 0.3) is 5.91 Å². The molecule has 0 spiro atoms. The smallest absolute Gasteiger partial charge is 0.305 e. The zero-order valence-corrected chi connectivity index (χ0v) is 17.8. The van der Waals surface area contributed by atoms with Crippen molar-refractivity contribution in [3.8, 4) is 0 Å². The highest BCUT2D eigenvalue weighted by Gasteiger charge is 2.31. The number of carbonyl (C=O) groups is 2. The number of amides is 1. The third-order valence-electron chi connectivity index (χ3n) is 4.34. The average molecular weight is 406 g/mol. The molecule has 1 aliphatic rings. The molecule has 0 bridgehead atoms. The molecule has 0 N–H and O–H groups in total. The van der Waals surface area contributed by atoms with Crippen molar-refractivity contribution in [3.63, 3.8) is 0 Å². The molecule has 4 nitrogen and oxygen atoms in total. The fourth-order valence-corrected chi connectivity index (χ4v) is 4.08. The van der Waals surface area contributed by atoms with Gasteiger partial charge in [0.05, 0.1) is 11.5 Å². The number of nitrogens with zero attached hydrogens (tertiary/aromatic N) is 1. The van der Waals surface area contributed by atoms with Gasteiger partial charge in [0.2, 0.25) is 0 Å². The normalized spacial score (nSPS) is 15.9. The summed E-state index contributed by atoms with van der Waals surface area (Å²) >= 11 is 6.73. The Balaban J connectivity index is 1.86. The molecule has 0 aromatic heterocycles. The summed E-state index contributed by atoms with van der Waals surface area (Å²) in [6.07, 6.45) is 4.79. The molecule has 1 aliphatic heterocycles. The summed E-state index contributed by atoms with van der Waals surface area (Å²) in [5, 5.41) is 0. The first kappa shape index (κ1) is 21.6. The SMILES string of the molecule is CCOC(=O)CCCCCN1C(=O)/C(=C\c2ccc(C(C)C)cc2)SC1=S. The van der Waals surface area contributed by atoms with E-state index in [-0.39, 0.29) is 11.9 Å². The Kier molecular flexibility index (Phi) is 8.51. The van der Waals surface area contributed by atoms with E-state index < -0.39 is 0 Å². The molecule has 0 atom stereocenters. The number of thioether (sulfide) groups is 1. The highest BCUT2D eigenvalue weighted by atomic mass is 32.2. The summed E-state index contributed by atoms with van der Waals surface area (Å²) in [5.74, 6) is 0.305. The van der Waals surface area contributed by atoms with E-state index >= 15 is 0 Å². The fourth-order valence-electron chi connectivity index (χ4n) is 2.77. The van der Waals surface area contributed by atoms with Crippen molar-refractivity contribution < 1.29 is 14.3 Å². The number of carbonyl (C=O) groups excluding carboxylic acids is 2. The molecule has 6 heteroatoms. The van der Waals surface area contributed by atoms with Crippen molar-refractivity contribution in [2.24, 2.45) is 0 Å². The van der Waals surface area contributed by atoms with Crippen LogP contribution in [0.15, 0.2) is 29.2 Å². The third-order valence-corrected chi connectivity index (χ3v) is 5.72. The lowest BCUT2D eigenvalue weighted by atomic mass is 10.0. The van der Waals surface area contributed by atoms with E-state index in [4.69, 9.17) is 17.0 Å². The topological polar surface area (TPSA) is 46.6 Å². The molecule has 0 aliphatic carbocycles. The molecular formula is C21H27NO3S2. The summed E-state index contributed by atoms with van der Waals surface area (Å²) in [5.41, 5.74) is 2.29. The van der Waals surface area contributed by atoms with Gasteiger partial charge in [0.1, 0.15) is 4.32 Å². The minimum Gasteiger partial charge on any atom is -0.466 e. The van der Waals surface area contributed by atoms with Gasteiger partial charge in [-0.25, -0.2) is 0 Å². The molecule has 27 heavy (non-hydrogen) atoms. The number of ether oxygens (including phenoxy) is 1. The molecule has 0 unspecified atom stereocenters. The maximum atomic E-state index is 12.6. The second-order valence-electron chi connectivity index (χ2n) is 6.77. The second kappa shape index (κ2) is 10.6. The van der Waals surface area contributed by atoms with Crippen LogP contribution in [-0.4, -0.2) is 34.2 Å². The number of hydrogen-bond acceptors (Lipinski definition) is 5. The second-order valence-corrected chi connectivity index (χ2v) is 8.45. The zero-order valence-electron chi connectivity index (χ0n) is 16.2. The van der Waals surface area contributed by atoms with Crippen LogP contribution >= 0.6 is 24.0 Å². The molecule has 1 fully saturated rings. The molecule has 0 radical (unpaired) electrons. The molecule has 2 rings (SSSR count). The van der Waals surface area contributed by atoms with Crippen molar-refractivity contribution >= 4 is 46.3 Å². The van der Waals surface area contributed by atoms with Gasteiger partial charge in [0, 0.05) is 13.0 Å². The monoisotopic (exact) mass is 405 g/mol. The first-order chi connectivity index (χ1) is 12.9. The molecular weight excluding hydrogens is 378 g/mol. The Morgan fingerprint density at radius 2 is 1.93 bits per heavy atom. The molecule has 1 saturated heterocycles. The molecule has 146 valence electrons. The summed E-state index contributed by atoms with van der Waals surface area (Å²) in [6.45, 7) is 7.14. The van der Waals surface area contributed by atoms with E-state index in [0.29, 0.717) is 34.7 Å². The van der Waals surface area contributed by atoms with Gasteiger partial charge < -0.3 is 4.74 Å². The standard InChI is InChI=1S/C21H27NO3S2/c1-4-25-19(23)8-6-5-7-13-22-20(24)18(27-21(22)26)14-16-9-11-17(12-10-16)15(2)3/h9-12,14-15H,4-8,13H2,1-3H3/b18-14+. The van der Waals surface area contributed by atoms with Gasteiger partial charge in [-0.2, -0.15) is 0 Å². The van der Waals surface area contributed by atoms with Crippen LogP contribution in [-0.2, 0) is 14.3 Å². The summed E-state index contributed by atoms with van der Waals surface area (Å²) in [6, 6.07) is 8.27. The van der Waals surface area contributed by atoms with Crippen LogP contribution in [0.4, 0.5) is 0 Å².